The van der Waals surface area contributed by atoms with Crippen molar-refractivity contribution in [3.05, 3.63) is 48.0 Å². The Hall–Kier alpha value is -2.21. The van der Waals surface area contributed by atoms with Crippen molar-refractivity contribution in [1.29, 1.82) is 0 Å². The molecule has 1 unspecified atom stereocenters. The van der Waals surface area contributed by atoms with E-state index in [9.17, 15) is 18.0 Å². The van der Waals surface area contributed by atoms with Gasteiger partial charge in [-0.3, -0.25) is 9.59 Å². The summed E-state index contributed by atoms with van der Waals surface area (Å²) in [5.41, 5.74) is 0.912. The molecule has 2 aromatic carbocycles. The highest BCUT2D eigenvalue weighted by molar-refractivity contribution is 8.78. The molecule has 8 nitrogen and oxygen atoms in total. The van der Waals surface area contributed by atoms with Gasteiger partial charge in [0.1, 0.15) is 6.61 Å². The van der Waals surface area contributed by atoms with Gasteiger partial charge in [-0.15, -0.1) is 0 Å². The van der Waals surface area contributed by atoms with E-state index in [4.69, 9.17) is 4.74 Å². The lowest BCUT2D eigenvalue weighted by molar-refractivity contribution is -0.144. The van der Waals surface area contributed by atoms with E-state index in [2.05, 4.69) is 18.6 Å². The molecule has 0 aliphatic rings. The first-order chi connectivity index (χ1) is 16.7. The summed E-state index contributed by atoms with van der Waals surface area (Å²) in [4.78, 5) is 26.7. The Bertz CT molecular complexity index is 1120. The summed E-state index contributed by atoms with van der Waals surface area (Å²) in [5.74, 6) is -0.544. The third-order valence-electron chi connectivity index (χ3n) is 5.10. The number of hydrogen-bond donors (Lipinski definition) is 1. The van der Waals surface area contributed by atoms with Gasteiger partial charge in [0.15, 0.2) is 0 Å². The second-order valence-electron chi connectivity index (χ2n) is 7.93. The van der Waals surface area contributed by atoms with Gasteiger partial charge in [0, 0.05) is 48.5 Å². The number of sulfonamides is 1. The fourth-order valence-corrected chi connectivity index (χ4v) is 6.22. The molecule has 0 saturated carbocycles. The van der Waals surface area contributed by atoms with E-state index in [-0.39, 0.29) is 31.0 Å². The zero-order valence-electron chi connectivity index (χ0n) is 20.5. The summed E-state index contributed by atoms with van der Waals surface area (Å²) in [6, 6.07) is 10.6. The number of hydrogen-bond acceptors (Lipinski definition) is 8. The molecule has 35 heavy (non-hydrogen) atoms. The van der Waals surface area contributed by atoms with Gasteiger partial charge in [-0.1, -0.05) is 59.7 Å². The molecule has 0 aliphatic carbocycles. The number of rotatable bonds is 15. The average molecular weight is 540 g/mol. The third-order valence-corrected chi connectivity index (χ3v) is 9.28. The Kier molecular flexibility index (Phi) is 11.9. The second kappa shape index (κ2) is 14.4. The fraction of sp³-hybridized carbons (Fsp3) is 0.417. The van der Waals surface area contributed by atoms with E-state index >= 15 is 0 Å². The number of nitrogens with one attached hydrogen (secondary N) is 1. The number of fused-ring (bicyclic) bond motifs is 1. The number of nitrogens with zero attached hydrogens (tertiary/aromatic N) is 2. The van der Waals surface area contributed by atoms with Crippen molar-refractivity contribution in [2.75, 3.05) is 38.7 Å². The predicted molar refractivity (Wildman–Crippen MR) is 146 cm³/mol. The number of amides is 1. The summed E-state index contributed by atoms with van der Waals surface area (Å²) in [5, 5.41) is 3.77. The highest BCUT2D eigenvalue weighted by Crippen LogP contribution is 2.30. The Labute approximate surface area is 215 Å². The molecule has 0 aliphatic heterocycles. The molecule has 2 rings (SSSR count). The van der Waals surface area contributed by atoms with Crippen LogP contribution in [-0.2, 0) is 24.3 Å². The quantitative estimate of drug-likeness (QED) is 0.204. The van der Waals surface area contributed by atoms with Gasteiger partial charge in [-0.05, 0) is 24.0 Å². The van der Waals surface area contributed by atoms with Crippen LogP contribution in [0.15, 0.2) is 52.9 Å². The molecule has 0 spiro atoms. The minimum atomic E-state index is -3.83. The van der Waals surface area contributed by atoms with E-state index in [1.54, 1.807) is 46.0 Å². The highest BCUT2D eigenvalue weighted by atomic mass is 33.1. The number of anilines is 1. The van der Waals surface area contributed by atoms with Crippen LogP contribution in [0.25, 0.3) is 10.8 Å². The summed E-state index contributed by atoms with van der Waals surface area (Å²) in [7, 11) is 3.23. The summed E-state index contributed by atoms with van der Waals surface area (Å²) in [6.07, 6.45) is 3.25. The van der Waals surface area contributed by atoms with Crippen LogP contribution in [-0.4, -0.2) is 64.7 Å². The Balaban J connectivity index is 1.84. The van der Waals surface area contributed by atoms with Gasteiger partial charge >= 0.3 is 5.97 Å². The van der Waals surface area contributed by atoms with Gasteiger partial charge in [0.25, 0.3) is 0 Å². The number of ether oxygens (including phenoxy) is 1. The van der Waals surface area contributed by atoms with Crippen LogP contribution < -0.4 is 9.62 Å². The first-order valence-electron chi connectivity index (χ1n) is 11.2. The minimum Gasteiger partial charge on any atom is -0.464 e. The van der Waals surface area contributed by atoms with Gasteiger partial charge in [0.05, 0.1) is 17.9 Å². The summed E-state index contributed by atoms with van der Waals surface area (Å²) >= 11 is 0. The normalized spacial score (nSPS) is 12.6. The van der Waals surface area contributed by atoms with Crippen molar-refractivity contribution >= 4 is 60.5 Å². The lowest BCUT2D eigenvalue weighted by Gasteiger charge is -2.17. The van der Waals surface area contributed by atoms with Crippen LogP contribution in [0.5, 0.6) is 0 Å². The van der Waals surface area contributed by atoms with Gasteiger partial charge < -0.3 is 14.5 Å². The number of benzene rings is 2. The molecule has 1 amide bonds. The standard InChI is InChI=1S/C24H33N3O5S3/c1-5-19(2)34-33-17-15-27(18-28)14-16-32-24(29)12-13-25-35(30,31)23-11-7-8-20-21(23)9-6-10-22(20)26(3)4/h6-11,15,17-19,25H,5,12-14,16H2,1-4H3/b17-15+. The topological polar surface area (TPSA) is 96.0 Å². The molecule has 1 atom stereocenters. The maximum absolute atomic E-state index is 12.9. The van der Waals surface area contributed by atoms with Crippen LogP contribution >= 0.6 is 21.6 Å². The molecule has 11 heteroatoms. The van der Waals surface area contributed by atoms with Crippen molar-refractivity contribution in [3.63, 3.8) is 0 Å². The molecular weight excluding hydrogens is 506 g/mol. The first kappa shape index (κ1) is 29.0. The molecule has 1 N–H and O–H groups in total. The van der Waals surface area contributed by atoms with Crippen LogP contribution in [0.1, 0.15) is 26.7 Å². The number of carbonyl (C=O) groups is 2. The van der Waals surface area contributed by atoms with Crippen molar-refractivity contribution in [1.82, 2.24) is 9.62 Å². The van der Waals surface area contributed by atoms with E-state index in [0.29, 0.717) is 17.0 Å². The second-order valence-corrected chi connectivity index (χ2v) is 12.3. The van der Waals surface area contributed by atoms with Crippen molar-refractivity contribution in [2.45, 2.75) is 36.8 Å². The van der Waals surface area contributed by atoms with Crippen LogP contribution in [0.4, 0.5) is 5.69 Å². The molecule has 2 aromatic rings. The SMILES string of the molecule is CCC(C)SS/C=C/N(C=O)CCOC(=O)CCNS(=O)(=O)c1cccc2c(N(C)C)cccc12. The molecular formula is C24H33N3O5S3. The van der Waals surface area contributed by atoms with E-state index in [0.717, 1.165) is 17.5 Å². The Morgan fingerprint density at radius 1 is 1.17 bits per heavy atom. The van der Waals surface area contributed by atoms with Crippen LogP contribution in [0, 0.1) is 0 Å². The largest absolute Gasteiger partial charge is 0.464 e. The average Bonchev–Trinajstić information content (AvgIpc) is 2.84. The molecule has 0 aromatic heterocycles. The lowest BCUT2D eigenvalue weighted by atomic mass is 10.1. The molecule has 0 heterocycles. The molecule has 192 valence electrons. The van der Waals surface area contributed by atoms with Crippen molar-refractivity contribution in [3.8, 4) is 0 Å². The summed E-state index contributed by atoms with van der Waals surface area (Å²) in [6.45, 7) is 4.39. The lowest BCUT2D eigenvalue weighted by Crippen LogP contribution is -2.28. The molecule has 0 bridgehead atoms. The molecule has 0 saturated heterocycles. The minimum absolute atomic E-state index is 0.0223. The van der Waals surface area contributed by atoms with Gasteiger partial charge in [0.2, 0.25) is 16.4 Å². The Morgan fingerprint density at radius 2 is 1.89 bits per heavy atom. The number of esters is 1. The Morgan fingerprint density at radius 3 is 2.57 bits per heavy atom. The zero-order valence-corrected chi connectivity index (χ0v) is 22.9. The smallest absolute Gasteiger partial charge is 0.307 e. The van der Waals surface area contributed by atoms with Crippen LogP contribution in [0.2, 0.25) is 0 Å². The zero-order chi connectivity index (χ0) is 25.8. The maximum Gasteiger partial charge on any atom is 0.307 e. The molecule has 0 fully saturated rings. The van der Waals surface area contributed by atoms with Gasteiger partial charge in [-0.25, -0.2) is 13.1 Å². The van der Waals surface area contributed by atoms with E-state index < -0.39 is 16.0 Å². The third kappa shape index (κ3) is 9.06. The highest BCUT2D eigenvalue weighted by Gasteiger charge is 2.19. The molecule has 0 radical (unpaired) electrons. The van der Waals surface area contributed by atoms with Crippen molar-refractivity contribution < 1.29 is 22.7 Å². The predicted octanol–water partition coefficient (Wildman–Crippen LogP) is 4.23. The van der Waals surface area contributed by atoms with Crippen LogP contribution in [0.3, 0.4) is 0 Å². The number of carbonyl (C=O) groups excluding carboxylic acids is 2. The monoisotopic (exact) mass is 539 g/mol. The van der Waals surface area contributed by atoms with Crippen molar-refractivity contribution in [2.24, 2.45) is 0 Å². The van der Waals surface area contributed by atoms with Gasteiger partial charge in [-0.2, -0.15) is 0 Å². The fourth-order valence-electron chi connectivity index (χ4n) is 3.05. The first-order valence-corrected chi connectivity index (χ1v) is 15.0. The van der Waals surface area contributed by atoms with E-state index in [1.165, 1.54) is 4.90 Å². The summed E-state index contributed by atoms with van der Waals surface area (Å²) < 4.78 is 33.4. The van der Waals surface area contributed by atoms with E-state index in [1.807, 2.05) is 42.6 Å². The maximum atomic E-state index is 12.9.